The lowest BCUT2D eigenvalue weighted by Gasteiger charge is -2.17. The summed E-state index contributed by atoms with van der Waals surface area (Å²) >= 11 is 1.62. The highest BCUT2D eigenvalue weighted by Gasteiger charge is 2.09. The Labute approximate surface area is 122 Å². The van der Waals surface area contributed by atoms with Crippen LogP contribution in [0.25, 0.3) is 21.5 Å². The molecule has 0 N–H and O–H groups in total. The van der Waals surface area contributed by atoms with Crippen molar-refractivity contribution in [1.29, 1.82) is 0 Å². The molecule has 0 atom stereocenters. The number of benzene rings is 1. The number of anilines is 1. The number of fused-ring (bicyclic) bond motifs is 1. The molecule has 4 heteroatoms. The van der Waals surface area contributed by atoms with Crippen LogP contribution in [0.3, 0.4) is 0 Å². The van der Waals surface area contributed by atoms with Gasteiger partial charge in [-0.1, -0.05) is 0 Å². The fraction of sp³-hybridized carbons (Fsp3) is 0.250. The normalized spacial score (nSPS) is 11.0. The second-order valence-electron chi connectivity index (χ2n) is 5.24. The largest absolute Gasteiger partial charge is 0.377 e. The molecule has 3 rings (SSSR count). The summed E-state index contributed by atoms with van der Waals surface area (Å²) in [6.45, 7) is 4.27. The molecular weight excluding hydrogens is 266 g/mol. The van der Waals surface area contributed by atoms with E-state index in [4.69, 9.17) is 4.98 Å². The minimum absolute atomic E-state index is 1.01. The van der Waals surface area contributed by atoms with Crippen LogP contribution in [0.1, 0.15) is 11.1 Å². The molecule has 0 saturated carbocycles. The summed E-state index contributed by atoms with van der Waals surface area (Å²) in [5.41, 5.74) is 7.65. The lowest BCUT2D eigenvalue weighted by atomic mass is 10.0. The van der Waals surface area contributed by atoms with Crippen LogP contribution in [0.2, 0.25) is 0 Å². The van der Waals surface area contributed by atoms with Crippen molar-refractivity contribution in [3.63, 3.8) is 0 Å². The van der Waals surface area contributed by atoms with Gasteiger partial charge < -0.3 is 4.90 Å². The van der Waals surface area contributed by atoms with Crippen LogP contribution in [-0.4, -0.2) is 24.1 Å². The Bertz CT molecular complexity index is 761. The molecule has 0 bridgehead atoms. The number of aryl methyl sites for hydroxylation is 2. The Kier molecular flexibility index (Phi) is 3.18. The highest BCUT2D eigenvalue weighted by Crippen LogP contribution is 2.30. The van der Waals surface area contributed by atoms with E-state index in [1.165, 1.54) is 22.2 Å². The van der Waals surface area contributed by atoms with Gasteiger partial charge in [0.15, 0.2) is 0 Å². The Hall–Kier alpha value is -1.94. The van der Waals surface area contributed by atoms with Crippen LogP contribution in [0.4, 0.5) is 5.69 Å². The number of thiazole rings is 1. The second-order valence-corrected chi connectivity index (χ2v) is 6.13. The summed E-state index contributed by atoms with van der Waals surface area (Å²) < 4.78 is 0. The number of hydrogen-bond acceptors (Lipinski definition) is 4. The molecular formula is C16H17N3S. The van der Waals surface area contributed by atoms with Gasteiger partial charge in [-0.2, -0.15) is 0 Å². The Morgan fingerprint density at radius 1 is 1.05 bits per heavy atom. The Morgan fingerprint density at radius 3 is 2.50 bits per heavy atom. The quantitative estimate of drug-likeness (QED) is 0.710. The van der Waals surface area contributed by atoms with Crippen molar-refractivity contribution >= 4 is 27.9 Å². The zero-order valence-electron chi connectivity index (χ0n) is 12.1. The topological polar surface area (TPSA) is 29.0 Å². The first-order chi connectivity index (χ1) is 9.56. The third kappa shape index (κ3) is 2.16. The monoisotopic (exact) mass is 283 g/mol. The van der Waals surface area contributed by atoms with Crippen LogP contribution in [-0.2, 0) is 0 Å². The summed E-state index contributed by atoms with van der Waals surface area (Å²) in [5, 5.41) is 1.22. The van der Waals surface area contributed by atoms with Gasteiger partial charge in [-0.15, -0.1) is 11.3 Å². The molecule has 0 fully saturated rings. The van der Waals surface area contributed by atoms with Gasteiger partial charge >= 0.3 is 0 Å². The molecule has 0 saturated heterocycles. The average molecular weight is 283 g/mol. The first-order valence-electron chi connectivity index (χ1n) is 6.54. The van der Waals surface area contributed by atoms with Crippen LogP contribution < -0.4 is 4.90 Å². The summed E-state index contributed by atoms with van der Waals surface area (Å²) in [4.78, 5) is 12.2. The fourth-order valence-corrected chi connectivity index (χ4v) is 3.07. The molecule has 1 aromatic carbocycles. The molecule has 0 aliphatic carbocycles. The van der Waals surface area contributed by atoms with Crippen LogP contribution in [0, 0.1) is 13.8 Å². The molecule has 2 aromatic heterocycles. The maximum absolute atomic E-state index is 4.79. The highest BCUT2D eigenvalue weighted by atomic mass is 32.1. The molecule has 20 heavy (non-hydrogen) atoms. The minimum Gasteiger partial charge on any atom is -0.377 e. The number of aromatic nitrogens is 2. The molecule has 3 aromatic rings. The van der Waals surface area contributed by atoms with Crippen LogP contribution >= 0.6 is 11.3 Å². The van der Waals surface area contributed by atoms with Gasteiger partial charge in [0, 0.05) is 31.4 Å². The second kappa shape index (κ2) is 4.87. The zero-order chi connectivity index (χ0) is 14.3. The smallest absolute Gasteiger partial charge is 0.0828 e. The third-order valence-corrected chi connectivity index (χ3v) is 4.30. The Morgan fingerprint density at radius 2 is 1.85 bits per heavy atom. The molecule has 0 aliphatic rings. The Balaban J connectivity index is 2.25. The first-order valence-corrected chi connectivity index (χ1v) is 7.42. The molecule has 0 amide bonds. The van der Waals surface area contributed by atoms with Crippen molar-refractivity contribution in [3.8, 4) is 10.6 Å². The SMILES string of the molecule is Cc1cc2nc(-c3cncs3)cc(C)c2cc1N(C)C. The van der Waals surface area contributed by atoms with Gasteiger partial charge in [-0.05, 0) is 43.2 Å². The van der Waals surface area contributed by atoms with Gasteiger partial charge in [-0.25, -0.2) is 4.98 Å². The first kappa shape index (κ1) is 13.1. The lowest BCUT2D eigenvalue weighted by Crippen LogP contribution is -2.10. The van der Waals surface area contributed by atoms with E-state index < -0.39 is 0 Å². The number of pyridine rings is 1. The minimum atomic E-state index is 1.01. The van der Waals surface area contributed by atoms with Crippen molar-refractivity contribution in [2.24, 2.45) is 0 Å². The fourth-order valence-electron chi connectivity index (χ4n) is 2.48. The lowest BCUT2D eigenvalue weighted by molar-refractivity contribution is 1.12. The van der Waals surface area contributed by atoms with E-state index in [1.54, 1.807) is 11.3 Å². The molecule has 0 aliphatic heterocycles. The van der Waals surface area contributed by atoms with Gasteiger partial charge in [0.1, 0.15) is 0 Å². The van der Waals surface area contributed by atoms with Crippen molar-refractivity contribution in [1.82, 2.24) is 9.97 Å². The maximum Gasteiger partial charge on any atom is 0.0828 e. The van der Waals surface area contributed by atoms with E-state index in [9.17, 15) is 0 Å². The van der Waals surface area contributed by atoms with Gasteiger partial charge in [0.05, 0.1) is 21.6 Å². The summed E-state index contributed by atoms with van der Waals surface area (Å²) in [7, 11) is 4.14. The van der Waals surface area contributed by atoms with Crippen LogP contribution in [0.15, 0.2) is 29.9 Å². The summed E-state index contributed by atoms with van der Waals surface area (Å²) in [5.74, 6) is 0. The van der Waals surface area contributed by atoms with E-state index in [-0.39, 0.29) is 0 Å². The molecule has 0 radical (unpaired) electrons. The number of hydrogen-bond donors (Lipinski definition) is 0. The van der Waals surface area contributed by atoms with Gasteiger partial charge in [0.2, 0.25) is 0 Å². The van der Waals surface area contributed by atoms with E-state index in [0.717, 1.165) is 16.1 Å². The van der Waals surface area contributed by atoms with Crippen molar-refractivity contribution < 1.29 is 0 Å². The van der Waals surface area contributed by atoms with Crippen LogP contribution in [0.5, 0.6) is 0 Å². The third-order valence-electron chi connectivity index (χ3n) is 3.50. The van der Waals surface area contributed by atoms with Crippen molar-refractivity contribution in [2.45, 2.75) is 13.8 Å². The van der Waals surface area contributed by atoms with E-state index in [1.807, 2.05) is 11.7 Å². The molecule has 2 heterocycles. The molecule has 0 unspecified atom stereocenters. The highest BCUT2D eigenvalue weighted by molar-refractivity contribution is 7.13. The summed E-state index contributed by atoms with van der Waals surface area (Å²) in [6.07, 6.45) is 1.87. The van der Waals surface area contributed by atoms with E-state index >= 15 is 0 Å². The molecule has 0 spiro atoms. The van der Waals surface area contributed by atoms with E-state index in [0.29, 0.717) is 0 Å². The zero-order valence-corrected chi connectivity index (χ0v) is 13.0. The number of nitrogens with zero attached hydrogens (tertiary/aromatic N) is 3. The molecule has 102 valence electrons. The molecule has 3 nitrogen and oxygen atoms in total. The predicted octanol–water partition coefficient (Wildman–Crippen LogP) is 4.04. The number of rotatable bonds is 2. The van der Waals surface area contributed by atoms with Crippen molar-refractivity contribution in [2.75, 3.05) is 19.0 Å². The summed E-state index contributed by atoms with van der Waals surface area (Å²) in [6, 6.07) is 6.54. The van der Waals surface area contributed by atoms with Crippen molar-refractivity contribution in [3.05, 3.63) is 41.0 Å². The van der Waals surface area contributed by atoms with Gasteiger partial charge in [0.25, 0.3) is 0 Å². The van der Waals surface area contributed by atoms with E-state index in [2.05, 4.69) is 56.0 Å². The standard InChI is InChI=1S/C16H17N3S/c1-10-5-14(16-8-17-9-20-16)18-13-6-11(2)15(19(3)4)7-12(10)13/h5-9H,1-4H3. The van der Waals surface area contributed by atoms with Gasteiger partial charge in [-0.3, -0.25) is 4.98 Å². The maximum atomic E-state index is 4.79. The average Bonchev–Trinajstić information content (AvgIpc) is 2.91. The predicted molar refractivity (Wildman–Crippen MR) is 86.7 cm³/mol.